The number of hydrogen-bond acceptors (Lipinski definition) is 3. The molecule has 31 heavy (non-hydrogen) atoms. The molecule has 0 aliphatic rings. The molecular formula is C25H20N2O4. The number of carboxylic acids is 1. The molecule has 154 valence electrons. The molecule has 0 aromatic heterocycles. The quantitative estimate of drug-likeness (QED) is 0.397. The molecule has 0 radical (unpaired) electrons. The molecule has 3 N–H and O–H groups in total. The van der Waals surface area contributed by atoms with Crippen LogP contribution in [-0.4, -0.2) is 22.9 Å². The number of benzene rings is 3. The van der Waals surface area contributed by atoms with Gasteiger partial charge in [-0.15, -0.1) is 0 Å². The summed E-state index contributed by atoms with van der Waals surface area (Å²) in [6.07, 6.45) is 4.94. The molecule has 0 saturated carbocycles. The summed E-state index contributed by atoms with van der Waals surface area (Å²) in [5.41, 5.74) is 1.70. The van der Waals surface area contributed by atoms with Crippen LogP contribution in [-0.2, 0) is 4.79 Å². The van der Waals surface area contributed by atoms with E-state index >= 15 is 0 Å². The molecule has 0 aliphatic heterocycles. The number of carbonyl (C=O) groups is 3. The van der Waals surface area contributed by atoms with Gasteiger partial charge in [0.1, 0.15) is 5.70 Å². The van der Waals surface area contributed by atoms with Crippen LogP contribution in [0.4, 0.5) is 5.69 Å². The van der Waals surface area contributed by atoms with E-state index < -0.39 is 17.8 Å². The molecule has 3 rings (SSSR count). The highest BCUT2D eigenvalue weighted by Crippen LogP contribution is 2.12. The van der Waals surface area contributed by atoms with Crippen molar-refractivity contribution in [3.8, 4) is 0 Å². The number of allylic oxidation sites excluding steroid dienone is 2. The van der Waals surface area contributed by atoms with E-state index in [1.165, 1.54) is 24.3 Å². The number of nitrogens with one attached hydrogen (secondary N) is 2. The summed E-state index contributed by atoms with van der Waals surface area (Å²) in [5.74, 6) is -2.12. The maximum absolute atomic E-state index is 12.8. The van der Waals surface area contributed by atoms with Crippen molar-refractivity contribution in [1.29, 1.82) is 0 Å². The van der Waals surface area contributed by atoms with E-state index in [1.54, 1.807) is 48.6 Å². The number of carboxylic acid groups (broad SMARTS) is 1. The van der Waals surface area contributed by atoms with Gasteiger partial charge in [0.15, 0.2) is 0 Å². The lowest BCUT2D eigenvalue weighted by Gasteiger charge is -2.11. The Bertz CT molecular complexity index is 1140. The van der Waals surface area contributed by atoms with E-state index in [-0.39, 0.29) is 11.3 Å². The van der Waals surface area contributed by atoms with Gasteiger partial charge in [0.2, 0.25) is 0 Å². The summed E-state index contributed by atoms with van der Waals surface area (Å²) in [4.78, 5) is 36.5. The number of aromatic carboxylic acids is 1. The molecule has 0 saturated heterocycles. The van der Waals surface area contributed by atoms with E-state index in [1.807, 2.05) is 30.3 Å². The predicted molar refractivity (Wildman–Crippen MR) is 119 cm³/mol. The smallest absolute Gasteiger partial charge is 0.335 e. The van der Waals surface area contributed by atoms with Gasteiger partial charge in [0.05, 0.1) is 5.56 Å². The molecule has 0 fully saturated rings. The maximum atomic E-state index is 12.8. The van der Waals surface area contributed by atoms with Gasteiger partial charge in [-0.05, 0) is 42.0 Å². The van der Waals surface area contributed by atoms with Crippen LogP contribution in [0, 0.1) is 0 Å². The van der Waals surface area contributed by atoms with Crippen LogP contribution in [0.2, 0.25) is 0 Å². The van der Waals surface area contributed by atoms with Crippen LogP contribution in [0.15, 0.2) is 103 Å². The fraction of sp³-hybridized carbons (Fsp3) is 0. The van der Waals surface area contributed by atoms with Gasteiger partial charge in [0.25, 0.3) is 11.8 Å². The molecule has 2 amide bonds. The van der Waals surface area contributed by atoms with Gasteiger partial charge in [0, 0.05) is 11.3 Å². The summed E-state index contributed by atoms with van der Waals surface area (Å²) in [7, 11) is 0. The molecular weight excluding hydrogens is 392 g/mol. The number of anilines is 1. The predicted octanol–water partition coefficient (Wildman–Crippen LogP) is 4.35. The van der Waals surface area contributed by atoms with Gasteiger partial charge in [-0.25, -0.2) is 4.79 Å². The van der Waals surface area contributed by atoms with Crippen molar-refractivity contribution in [2.24, 2.45) is 0 Å². The lowest BCUT2D eigenvalue weighted by atomic mass is 10.2. The average Bonchev–Trinajstić information content (AvgIpc) is 2.79. The second-order valence-corrected chi connectivity index (χ2v) is 6.51. The largest absolute Gasteiger partial charge is 0.478 e. The van der Waals surface area contributed by atoms with Gasteiger partial charge in [-0.3, -0.25) is 9.59 Å². The van der Waals surface area contributed by atoms with Gasteiger partial charge < -0.3 is 15.7 Å². The monoisotopic (exact) mass is 412 g/mol. The minimum absolute atomic E-state index is 0.0155. The van der Waals surface area contributed by atoms with Gasteiger partial charge in [-0.2, -0.15) is 0 Å². The zero-order chi connectivity index (χ0) is 22.1. The molecule has 0 heterocycles. The third kappa shape index (κ3) is 6.27. The van der Waals surface area contributed by atoms with E-state index in [4.69, 9.17) is 5.11 Å². The SMILES string of the molecule is O=C(Nc1cccc(C(=O)O)c1)/C(=C\C=C\c1ccccc1)NC(=O)c1ccccc1. The molecule has 3 aromatic rings. The first kappa shape index (κ1) is 21.3. The topological polar surface area (TPSA) is 95.5 Å². The summed E-state index contributed by atoms with van der Waals surface area (Å²) >= 11 is 0. The van der Waals surface area contributed by atoms with E-state index in [2.05, 4.69) is 10.6 Å². The number of hydrogen-bond donors (Lipinski definition) is 3. The molecule has 0 bridgehead atoms. The van der Waals surface area contributed by atoms with Crippen molar-refractivity contribution >= 4 is 29.5 Å². The fourth-order valence-corrected chi connectivity index (χ4v) is 2.71. The highest BCUT2D eigenvalue weighted by molar-refractivity contribution is 6.08. The summed E-state index contributed by atoms with van der Waals surface area (Å²) in [5, 5.41) is 14.4. The van der Waals surface area contributed by atoms with Crippen LogP contribution >= 0.6 is 0 Å². The Morgan fingerprint density at radius 3 is 2.10 bits per heavy atom. The fourth-order valence-electron chi connectivity index (χ4n) is 2.71. The van der Waals surface area contributed by atoms with Crippen LogP contribution in [0.3, 0.4) is 0 Å². The molecule has 0 unspecified atom stereocenters. The van der Waals surface area contributed by atoms with Crippen molar-refractivity contribution in [2.75, 3.05) is 5.32 Å². The Labute approximate surface area is 179 Å². The minimum Gasteiger partial charge on any atom is -0.478 e. The van der Waals surface area contributed by atoms with Gasteiger partial charge in [-0.1, -0.05) is 66.7 Å². The Morgan fingerprint density at radius 1 is 0.774 bits per heavy atom. The Morgan fingerprint density at radius 2 is 1.42 bits per heavy atom. The minimum atomic E-state index is -1.10. The Balaban J connectivity index is 1.83. The standard InChI is InChI=1S/C25H20N2O4/c28-23(19-12-5-2-6-13-19)27-22(16-7-11-18-9-3-1-4-10-18)24(29)26-21-15-8-14-20(17-21)25(30)31/h1-17H,(H,26,29)(H,27,28)(H,30,31)/b11-7+,22-16+. The van der Waals surface area contributed by atoms with Crippen LogP contribution in [0.25, 0.3) is 6.08 Å². The first-order valence-corrected chi connectivity index (χ1v) is 9.47. The van der Waals surface area contributed by atoms with Crippen molar-refractivity contribution in [2.45, 2.75) is 0 Å². The van der Waals surface area contributed by atoms with Crippen LogP contribution < -0.4 is 10.6 Å². The maximum Gasteiger partial charge on any atom is 0.335 e. The van der Waals surface area contributed by atoms with Crippen molar-refractivity contribution in [3.63, 3.8) is 0 Å². The number of amides is 2. The lowest BCUT2D eigenvalue weighted by Crippen LogP contribution is -2.30. The Hall–Kier alpha value is -4.45. The highest BCUT2D eigenvalue weighted by atomic mass is 16.4. The average molecular weight is 412 g/mol. The summed E-state index contributed by atoms with van der Waals surface area (Å²) in [6, 6.07) is 23.9. The molecule has 6 heteroatoms. The molecule has 0 atom stereocenters. The number of carbonyl (C=O) groups excluding carboxylic acids is 2. The first-order valence-electron chi connectivity index (χ1n) is 9.47. The lowest BCUT2D eigenvalue weighted by molar-refractivity contribution is -0.113. The highest BCUT2D eigenvalue weighted by Gasteiger charge is 2.14. The summed E-state index contributed by atoms with van der Waals surface area (Å²) in [6.45, 7) is 0. The van der Waals surface area contributed by atoms with Crippen molar-refractivity contribution in [3.05, 3.63) is 119 Å². The Kier molecular flexibility index (Phi) is 7.11. The third-order valence-electron chi connectivity index (χ3n) is 4.25. The second kappa shape index (κ2) is 10.4. The molecule has 0 aliphatic carbocycles. The van der Waals surface area contributed by atoms with Gasteiger partial charge >= 0.3 is 5.97 Å². The second-order valence-electron chi connectivity index (χ2n) is 6.51. The summed E-state index contributed by atoms with van der Waals surface area (Å²) < 4.78 is 0. The molecule has 0 spiro atoms. The first-order chi connectivity index (χ1) is 15.0. The van der Waals surface area contributed by atoms with Crippen LogP contribution in [0.1, 0.15) is 26.3 Å². The molecule has 6 nitrogen and oxygen atoms in total. The van der Waals surface area contributed by atoms with E-state index in [0.717, 1.165) is 5.56 Å². The zero-order valence-corrected chi connectivity index (χ0v) is 16.5. The van der Waals surface area contributed by atoms with Crippen molar-refractivity contribution < 1.29 is 19.5 Å². The third-order valence-corrected chi connectivity index (χ3v) is 4.25. The van der Waals surface area contributed by atoms with Crippen molar-refractivity contribution in [1.82, 2.24) is 5.32 Å². The van der Waals surface area contributed by atoms with E-state index in [9.17, 15) is 14.4 Å². The zero-order valence-electron chi connectivity index (χ0n) is 16.5. The number of rotatable bonds is 7. The molecule has 3 aromatic carbocycles. The normalized spacial score (nSPS) is 11.2. The van der Waals surface area contributed by atoms with Crippen LogP contribution in [0.5, 0.6) is 0 Å². The van der Waals surface area contributed by atoms with E-state index in [0.29, 0.717) is 11.3 Å².